The van der Waals surface area contributed by atoms with Crippen LogP contribution in [0.15, 0.2) is 39.3 Å². The first-order chi connectivity index (χ1) is 13.1. The smallest absolute Gasteiger partial charge is 0.233 e. The Balaban J connectivity index is 2.04. The Labute approximate surface area is 166 Å². The standard InChI is InChI=1S/C20H32N4O2S/c1-4-24(12-13-25)11-10-21-20-22-14-27-18(17-8-6-5-7-9-17)15(2)16(3)19(26)23-20/h5-6,8,16,25H,4,7,9-14H2,1-3H3,(H2,21,22,23,26)/b18-15-. The molecule has 1 aliphatic heterocycles. The van der Waals surface area contributed by atoms with Crippen molar-refractivity contribution in [2.45, 2.75) is 33.6 Å². The lowest BCUT2D eigenvalue weighted by Gasteiger charge is -2.20. The monoisotopic (exact) mass is 392 g/mol. The average molecular weight is 393 g/mol. The van der Waals surface area contributed by atoms with Gasteiger partial charge in [0.15, 0.2) is 5.96 Å². The molecule has 0 saturated carbocycles. The van der Waals surface area contributed by atoms with Crippen molar-refractivity contribution in [1.82, 2.24) is 15.5 Å². The predicted octanol–water partition coefficient (Wildman–Crippen LogP) is 2.25. The van der Waals surface area contributed by atoms with Gasteiger partial charge in [-0.15, -0.1) is 11.8 Å². The van der Waals surface area contributed by atoms with Gasteiger partial charge in [-0.2, -0.15) is 0 Å². The highest BCUT2D eigenvalue weighted by molar-refractivity contribution is 8.03. The lowest BCUT2D eigenvalue weighted by atomic mass is 9.95. The van der Waals surface area contributed by atoms with Gasteiger partial charge < -0.3 is 10.4 Å². The van der Waals surface area contributed by atoms with Crippen molar-refractivity contribution in [1.29, 1.82) is 0 Å². The third-order valence-electron chi connectivity index (χ3n) is 4.96. The number of aliphatic hydroxyl groups is 1. The molecule has 0 bridgehead atoms. The highest BCUT2D eigenvalue weighted by atomic mass is 32.2. The summed E-state index contributed by atoms with van der Waals surface area (Å²) in [6, 6.07) is 0. The summed E-state index contributed by atoms with van der Waals surface area (Å²) >= 11 is 1.70. The molecule has 0 saturated heterocycles. The number of aliphatic imine (C=N–C) groups is 1. The number of aliphatic hydroxyl groups excluding tert-OH is 1. The van der Waals surface area contributed by atoms with E-state index in [4.69, 9.17) is 5.11 Å². The molecule has 0 aromatic carbocycles. The number of rotatable bonds is 7. The first kappa shape index (κ1) is 21.7. The van der Waals surface area contributed by atoms with Gasteiger partial charge in [-0.05, 0) is 44.4 Å². The van der Waals surface area contributed by atoms with Gasteiger partial charge >= 0.3 is 0 Å². The SMILES string of the molecule is CCN(CCO)CCN/C1=N/CS/C(C2=CC=CCC2)=C(/C)C(C)C(=O)N1. The molecule has 7 heteroatoms. The molecule has 1 atom stereocenters. The van der Waals surface area contributed by atoms with Gasteiger partial charge in [-0.1, -0.05) is 25.2 Å². The number of carbonyl (C=O) groups excluding carboxylic acids is 1. The lowest BCUT2D eigenvalue weighted by molar-refractivity contribution is -0.122. The number of carbonyl (C=O) groups is 1. The van der Waals surface area contributed by atoms with E-state index in [0.29, 0.717) is 24.9 Å². The van der Waals surface area contributed by atoms with Crippen molar-refractivity contribution in [2.24, 2.45) is 10.9 Å². The minimum absolute atomic E-state index is 0.0339. The molecule has 27 heavy (non-hydrogen) atoms. The molecule has 2 rings (SSSR count). The van der Waals surface area contributed by atoms with E-state index in [-0.39, 0.29) is 18.4 Å². The van der Waals surface area contributed by atoms with Crippen molar-refractivity contribution >= 4 is 23.6 Å². The zero-order valence-electron chi connectivity index (χ0n) is 16.6. The molecule has 150 valence electrons. The van der Waals surface area contributed by atoms with E-state index in [9.17, 15) is 4.79 Å². The number of allylic oxidation sites excluding steroid dienone is 4. The third-order valence-corrected chi connectivity index (χ3v) is 6.09. The fourth-order valence-corrected chi connectivity index (χ4v) is 4.16. The van der Waals surface area contributed by atoms with E-state index in [2.05, 4.69) is 52.6 Å². The second kappa shape index (κ2) is 11.3. The minimum Gasteiger partial charge on any atom is -0.395 e. The summed E-state index contributed by atoms with van der Waals surface area (Å²) in [5.74, 6) is 0.863. The average Bonchev–Trinajstić information content (AvgIpc) is 2.73. The van der Waals surface area contributed by atoms with E-state index in [1.807, 2.05) is 6.92 Å². The molecule has 1 aliphatic carbocycles. The Bertz CT molecular complexity index is 640. The molecule has 3 N–H and O–H groups in total. The van der Waals surface area contributed by atoms with Crippen LogP contribution >= 0.6 is 11.8 Å². The van der Waals surface area contributed by atoms with Crippen molar-refractivity contribution in [3.63, 3.8) is 0 Å². The largest absolute Gasteiger partial charge is 0.395 e. The molecule has 1 amide bonds. The Hall–Kier alpha value is -1.57. The molecular formula is C20H32N4O2S. The molecule has 0 fully saturated rings. The van der Waals surface area contributed by atoms with Crippen LogP contribution in [0.2, 0.25) is 0 Å². The van der Waals surface area contributed by atoms with Gasteiger partial charge in [0.25, 0.3) is 0 Å². The highest BCUT2D eigenvalue weighted by Crippen LogP contribution is 2.35. The molecule has 0 spiro atoms. The molecular weight excluding hydrogens is 360 g/mol. The van der Waals surface area contributed by atoms with E-state index in [1.54, 1.807) is 11.8 Å². The summed E-state index contributed by atoms with van der Waals surface area (Å²) in [4.78, 5) is 20.6. The Kier molecular flexibility index (Phi) is 9.10. The van der Waals surface area contributed by atoms with Crippen LogP contribution in [0.5, 0.6) is 0 Å². The number of likely N-dealkylation sites (N-methyl/N-ethyl adjacent to an activating group) is 1. The molecule has 1 heterocycles. The van der Waals surface area contributed by atoms with E-state index in [0.717, 1.165) is 31.5 Å². The van der Waals surface area contributed by atoms with E-state index >= 15 is 0 Å². The fourth-order valence-electron chi connectivity index (χ4n) is 3.07. The molecule has 6 nitrogen and oxygen atoms in total. The molecule has 0 radical (unpaired) electrons. The van der Waals surface area contributed by atoms with Crippen molar-refractivity contribution < 1.29 is 9.90 Å². The first-order valence-electron chi connectivity index (χ1n) is 9.68. The summed E-state index contributed by atoms with van der Waals surface area (Å²) in [6.07, 6.45) is 8.48. The van der Waals surface area contributed by atoms with Crippen LogP contribution in [-0.2, 0) is 4.79 Å². The molecule has 0 aromatic rings. The zero-order chi connectivity index (χ0) is 19.6. The Morgan fingerprint density at radius 2 is 2.26 bits per heavy atom. The van der Waals surface area contributed by atoms with Gasteiger partial charge in [0.2, 0.25) is 5.91 Å². The zero-order valence-corrected chi connectivity index (χ0v) is 17.4. The summed E-state index contributed by atoms with van der Waals surface area (Å²) in [7, 11) is 0. The predicted molar refractivity (Wildman–Crippen MR) is 114 cm³/mol. The maximum atomic E-state index is 12.7. The Morgan fingerprint density at radius 1 is 1.44 bits per heavy atom. The maximum absolute atomic E-state index is 12.7. The summed E-state index contributed by atoms with van der Waals surface area (Å²) in [6.45, 7) is 9.21. The van der Waals surface area contributed by atoms with Crippen LogP contribution in [0.4, 0.5) is 0 Å². The quantitative estimate of drug-likeness (QED) is 0.619. The third kappa shape index (κ3) is 6.52. The van der Waals surface area contributed by atoms with Crippen LogP contribution in [0.25, 0.3) is 0 Å². The normalized spacial score (nSPS) is 25.8. The number of hydrogen-bond donors (Lipinski definition) is 3. The second-order valence-corrected chi connectivity index (χ2v) is 7.70. The van der Waals surface area contributed by atoms with E-state index in [1.165, 1.54) is 10.5 Å². The number of amides is 1. The fraction of sp³-hybridized carbons (Fsp3) is 0.600. The number of nitrogens with zero attached hydrogens (tertiary/aromatic N) is 2. The maximum Gasteiger partial charge on any atom is 0.233 e. The topological polar surface area (TPSA) is 77.0 Å². The summed E-state index contributed by atoms with van der Waals surface area (Å²) in [5, 5.41) is 15.3. The van der Waals surface area contributed by atoms with Crippen LogP contribution in [0, 0.1) is 5.92 Å². The van der Waals surface area contributed by atoms with Crippen LogP contribution in [0.3, 0.4) is 0 Å². The number of nitrogens with one attached hydrogen (secondary N) is 2. The van der Waals surface area contributed by atoms with Gasteiger partial charge in [0.1, 0.15) is 0 Å². The van der Waals surface area contributed by atoms with E-state index < -0.39 is 0 Å². The highest BCUT2D eigenvalue weighted by Gasteiger charge is 2.23. The molecule has 0 aromatic heterocycles. The second-order valence-electron chi connectivity index (χ2n) is 6.75. The molecule has 2 aliphatic rings. The van der Waals surface area contributed by atoms with Gasteiger partial charge in [-0.3, -0.25) is 15.0 Å². The van der Waals surface area contributed by atoms with Crippen molar-refractivity contribution in [3.05, 3.63) is 34.3 Å². The lowest BCUT2D eigenvalue weighted by Crippen LogP contribution is -2.46. The minimum atomic E-state index is -0.203. The molecule has 1 unspecified atom stereocenters. The summed E-state index contributed by atoms with van der Waals surface area (Å²) in [5.41, 5.74) is 2.41. The van der Waals surface area contributed by atoms with Crippen molar-refractivity contribution in [3.8, 4) is 0 Å². The summed E-state index contributed by atoms with van der Waals surface area (Å²) < 4.78 is 0. The number of guanidine groups is 1. The van der Waals surface area contributed by atoms with Gasteiger partial charge in [0, 0.05) is 24.5 Å². The van der Waals surface area contributed by atoms with Gasteiger partial charge in [0.05, 0.1) is 18.4 Å². The number of hydrogen-bond acceptors (Lipinski definition) is 6. The van der Waals surface area contributed by atoms with Crippen LogP contribution in [0.1, 0.15) is 33.6 Å². The van der Waals surface area contributed by atoms with Crippen LogP contribution in [-0.4, -0.2) is 60.5 Å². The number of thioether (sulfide) groups is 1. The van der Waals surface area contributed by atoms with Crippen molar-refractivity contribution in [2.75, 3.05) is 38.7 Å². The van der Waals surface area contributed by atoms with Gasteiger partial charge in [-0.25, -0.2) is 4.99 Å². The Morgan fingerprint density at radius 3 is 2.93 bits per heavy atom. The first-order valence-corrected chi connectivity index (χ1v) is 10.7. The van der Waals surface area contributed by atoms with Crippen LogP contribution < -0.4 is 10.6 Å².